The van der Waals surface area contributed by atoms with Crippen LogP contribution < -0.4 is 0 Å². The van der Waals surface area contributed by atoms with Crippen molar-refractivity contribution in [3.63, 3.8) is 0 Å². The van der Waals surface area contributed by atoms with E-state index in [1.165, 1.54) is 4.90 Å². The Morgan fingerprint density at radius 1 is 1.23 bits per heavy atom. The summed E-state index contributed by atoms with van der Waals surface area (Å²) in [6, 6.07) is 0. The zero-order chi connectivity index (χ0) is 10.0. The van der Waals surface area contributed by atoms with E-state index < -0.39 is 0 Å². The molecule has 0 aromatic heterocycles. The Morgan fingerprint density at radius 2 is 1.69 bits per heavy atom. The highest BCUT2D eigenvalue weighted by molar-refractivity contribution is 9.09. The van der Waals surface area contributed by atoms with Crippen LogP contribution in [0, 0.1) is 11.8 Å². The molecule has 2 amide bonds. The summed E-state index contributed by atoms with van der Waals surface area (Å²) in [6.45, 7) is 4.19. The van der Waals surface area contributed by atoms with Crippen molar-refractivity contribution >= 4 is 27.7 Å². The van der Waals surface area contributed by atoms with Gasteiger partial charge < -0.3 is 0 Å². The second kappa shape index (κ2) is 4.22. The SMILES string of the molecule is CC1C(=O)N(CCCBr)C(=O)C1C. The molecule has 0 aliphatic carbocycles. The van der Waals surface area contributed by atoms with Gasteiger partial charge in [0.2, 0.25) is 11.8 Å². The lowest BCUT2D eigenvalue weighted by Gasteiger charge is -2.12. The highest BCUT2D eigenvalue weighted by Crippen LogP contribution is 2.25. The summed E-state index contributed by atoms with van der Waals surface area (Å²) in [5, 5.41) is 0.826. The molecule has 2 atom stereocenters. The Morgan fingerprint density at radius 3 is 2.08 bits per heavy atom. The number of amides is 2. The number of carbonyl (C=O) groups excluding carboxylic acids is 2. The topological polar surface area (TPSA) is 37.4 Å². The van der Waals surface area contributed by atoms with Gasteiger partial charge in [-0.1, -0.05) is 29.8 Å². The second-order valence-corrected chi connectivity index (χ2v) is 4.24. The first-order valence-electron chi connectivity index (χ1n) is 4.50. The van der Waals surface area contributed by atoms with Crippen molar-refractivity contribution in [1.82, 2.24) is 4.90 Å². The summed E-state index contributed by atoms with van der Waals surface area (Å²) in [5.41, 5.74) is 0. The van der Waals surface area contributed by atoms with Crippen LogP contribution in [-0.4, -0.2) is 28.6 Å². The second-order valence-electron chi connectivity index (χ2n) is 3.45. The average Bonchev–Trinajstić information content (AvgIpc) is 2.30. The quantitative estimate of drug-likeness (QED) is 0.559. The summed E-state index contributed by atoms with van der Waals surface area (Å²) in [7, 11) is 0. The Hall–Kier alpha value is -0.380. The average molecular weight is 248 g/mol. The van der Waals surface area contributed by atoms with Gasteiger partial charge in [0.05, 0.1) is 0 Å². The van der Waals surface area contributed by atoms with Crippen LogP contribution in [0.25, 0.3) is 0 Å². The van der Waals surface area contributed by atoms with Crippen LogP contribution >= 0.6 is 15.9 Å². The minimum atomic E-state index is -0.136. The number of alkyl halides is 1. The summed E-state index contributed by atoms with van der Waals surface area (Å²) in [4.78, 5) is 24.4. The van der Waals surface area contributed by atoms with Crippen LogP contribution in [0.1, 0.15) is 20.3 Å². The van der Waals surface area contributed by atoms with Crippen LogP contribution in [0.4, 0.5) is 0 Å². The van der Waals surface area contributed by atoms with Crippen molar-refractivity contribution in [2.75, 3.05) is 11.9 Å². The molecule has 0 N–H and O–H groups in total. The van der Waals surface area contributed by atoms with Gasteiger partial charge >= 0.3 is 0 Å². The van der Waals surface area contributed by atoms with Crippen molar-refractivity contribution in [1.29, 1.82) is 0 Å². The molecule has 1 heterocycles. The molecule has 3 nitrogen and oxygen atoms in total. The predicted octanol–water partition coefficient (Wildman–Crippen LogP) is 1.41. The lowest BCUT2D eigenvalue weighted by molar-refractivity contribution is -0.139. The molecule has 1 aliphatic heterocycles. The molecular formula is C9H14BrNO2. The molecule has 1 rings (SSSR count). The molecule has 0 radical (unpaired) electrons. The molecule has 2 unspecified atom stereocenters. The fourth-order valence-electron chi connectivity index (χ4n) is 1.47. The molecule has 13 heavy (non-hydrogen) atoms. The van der Waals surface area contributed by atoms with E-state index in [9.17, 15) is 9.59 Å². The van der Waals surface area contributed by atoms with E-state index in [-0.39, 0.29) is 23.7 Å². The van der Waals surface area contributed by atoms with Crippen LogP contribution in [0.5, 0.6) is 0 Å². The molecule has 1 aliphatic rings. The number of halogens is 1. The molecule has 0 spiro atoms. The molecule has 0 saturated carbocycles. The first-order chi connectivity index (χ1) is 6.09. The number of hydrogen-bond acceptors (Lipinski definition) is 2. The van der Waals surface area contributed by atoms with E-state index >= 15 is 0 Å². The smallest absolute Gasteiger partial charge is 0.232 e. The summed E-state index contributed by atoms with van der Waals surface area (Å²) < 4.78 is 0. The maximum absolute atomic E-state index is 11.5. The summed E-state index contributed by atoms with van der Waals surface area (Å²) in [6.07, 6.45) is 0.830. The normalized spacial score (nSPS) is 28.7. The van der Waals surface area contributed by atoms with Crippen LogP contribution in [0.15, 0.2) is 0 Å². The van der Waals surface area contributed by atoms with Gasteiger partial charge in [-0.15, -0.1) is 0 Å². The molecule has 0 aromatic carbocycles. The minimum Gasteiger partial charge on any atom is -0.282 e. The fraction of sp³-hybridized carbons (Fsp3) is 0.778. The largest absolute Gasteiger partial charge is 0.282 e. The first kappa shape index (κ1) is 10.7. The molecule has 1 fully saturated rings. The van der Waals surface area contributed by atoms with Crippen molar-refractivity contribution in [3.8, 4) is 0 Å². The van der Waals surface area contributed by atoms with Gasteiger partial charge in [0.15, 0.2) is 0 Å². The molecule has 0 aromatic rings. The standard InChI is InChI=1S/C9H14BrNO2/c1-6-7(2)9(13)11(8(6)12)5-3-4-10/h6-7H,3-5H2,1-2H3. The third-order valence-electron chi connectivity index (χ3n) is 2.58. The van der Waals surface area contributed by atoms with Crippen molar-refractivity contribution in [2.24, 2.45) is 11.8 Å². The third-order valence-corrected chi connectivity index (χ3v) is 3.14. The number of rotatable bonds is 3. The van der Waals surface area contributed by atoms with E-state index in [2.05, 4.69) is 15.9 Å². The highest BCUT2D eigenvalue weighted by Gasteiger charge is 2.41. The zero-order valence-corrected chi connectivity index (χ0v) is 9.50. The van der Waals surface area contributed by atoms with E-state index in [0.29, 0.717) is 6.54 Å². The monoisotopic (exact) mass is 247 g/mol. The Labute approximate surface area is 86.6 Å². The zero-order valence-electron chi connectivity index (χ0n) is 7.92. The van der Waals surface area contributed by atoms with E-state index in [1.807, 2.05) is 13.8 Å². The molecule has 0 bridgehead atoms. The van der Waals surface area contributed by atoms with Gasteiger partial charge in [0.1, 0.15) is 0 Å². The Kier molecular flexibility index (Phi) is 3.47. The maximum atomic E-state index is 11.5. The van der Waals surface area contributed by atoms with Crippen molar-refractivity contribution in [2.45, 2.75) is 20.3 Å². The summed E-state index contributed by atoms with van der Waals surface area (Å²) in [5.74, 6) is -0.303. The van der Waals surface area contributed by atoms with Gasteiger partial charge in [0, 0.05) is 23.7 Å². The van der Waals surface area contributed by atoms with Crippen LogP contribution in [0.3, 0.4) is 0 Å². The van der Waals surface area contributed by atoms with Gasteiger partial charge in [-0.2, -0.15) is 0 Å². The van der Waals surface area contributed by atoms with Gasteiger partial charge in [-0.25, -0.2) is 0 Å². The molecular weight excluding hydrogens is 234 g/mol. The molecule has 1 saturated heterocycles. The Balaban J connectivity index is 2.64. The van der Waals surface area contributed by atoms with Crippen LogP contribution in [-0.2, 0) is 9.59 Å². The number of likely N-dealkylation sites (tertiary alicyclic amines) is 1. The summed E-state index contributed by atoms with van der Waals surface area (Å²) >= 11 is 3.28. The van der Waals surface area contributed by atoms with Crippen LogP contribution in [0.2, 0.25) is 0 Å². The Bertz CT molecular complexity index is 210. The van der Waals surface area contributed by atoms with E-state index in [0.717, 1.165) is 11.8 Å². The molecule has 4 heteroatoms. The van der Waals surface area contributed by atoms with Crippen molar-refractivity contribution < 1.29 is 9.59 Å². The van der Waals surface area contributed by atoms with Gasteiger partial charge in [0.25, 0.3) is 0 Å². The van der Waals surface area contributed by atoms with Gasteiger partial charge in [-0.05, 0) is 6.42 Å². The van der Waals surface area contributed by atoms with Gasteiger partial charge in [-0.3, -0.25) is 14.5 Å². The fourth-order valence-corrected chi connectivity index (χ4v) is 1.72. The number of nitrogens with zero attached hydrogens (tertiary/aromatic N) is 1. The van der Waals surface area contributed by atoms with E-state index in [1.54, 1.807) is 0 Å². The van der Waals surface area contributed by atoms with Crippen molar-refractivity contribution in [3.05, 3.63) is 0 Å². The highest BCUT2D eigenvalue weighted by atomic mass is 79.9. The number of carbonyl (C=O) groups is 2. The lowest BCUT2D eigenvalue weighted by Crippen LogP contribution is -2.31. The minimum absolute atomic E-state index is 0.0153. The van der Waals surface area contributed by atoms with E-state index in [4.69, 9.17) is 0 Å². The maximum Gasteiger partial charge on any atom is 0.232 e. The number of imide groups is 1. The predicted molar refractivity (Wildman–Crippen MR) is 53.5 cm³/mol. The number of hydrogen-bond donors (Lipinski definition) is 0. The molecule has 74 valence electrons. The lowest BCUT2D eigenvalue weighted by atomic mass is 10.00. The first-order valence-corrected chi connectivity index (χ1v) is 5.63. The third kappa shape index (κ3) is 1.93.